The van der Waals surface area contributed by atoms with Gasteiger partial charge >= 0.3 is 0 Å². The molecular formula is C27H23BrClN5O2S. The van der Waals surface area contributed by atoms with Gasteiger partial charge < -0.3 is 5.32 Å². The van der Waals surface area contributed by atoms with Crippen LogP contribution in [-0.2, 0) is 23.1 Å². The number of nitrogens with zero attached hydrogens (tertiary/aromatic N) is 3. The lowest BCUT2D eigenvalue weighted by Gasteiger charge is -2.13. The van der Waals surface area contributed by atoms with E-state index in [0.717, 1.165) is 32.7 Å². The highest BCUT2D eigenvalue weighted by Gasteiger charge is 2.16. The maximum absolute atomic E-state index is 12.8. The average Bonchev–Trinajstić information content (AvgIpc) is 3.27. The maximum atomic E-state index is 12.8. The van der Waals surface area contributed by atoms with Crippen molar-refractivity contribution in [2.75, 3.05) is 5.32 Å². The molecule has 5 aromatic rings. The molecule has 0 amide bonds. The Bertz CT molecular complexity index is 1700. The van der Waals surface area contributed by atoms with Gasteiger partial charge in [0.2, 0.25) is 10.0 Å². The number of benzene rings is 3. The summed E-state index contributed by atoms with van der Waals surface area (Å²) in [6, 6.07) is 24.2. The predicted molar refractivity (Wildman–Crippen MR) is 150 cm³/mol. The molecule has 0 aliphatic carbocycles. The van der Waals surface area contributed by atoms with Crippen LogP contribution in [0.4, 0.5) is 5.82 Å². The van der Waals surface area contributed by atoms with E-state index in [-0.39, 0.29) is 11.4 Å². The molecule has 0 radical (unpaired) electrons. The smallest absolute Gasteiger partial charge is 0.241 e. The lowest BCUT2D eigenvalue weighted by atomic mass is 10.1. The number of aromatic nitrogens is 3. The highest BCUT2D eigenvalue weighted by molar-refractivity contribution is 9.10. The lowest BCUT2D eigenvalue weighted by Crippen LogP contribution is -2.24. The molecule has 0 saturated carbocycles. The molecule has 0 saturated heterocycles. The van der Waals surface area contributed by atoms with Gasteiger partial charge in [0, 0.05) is 29.7 Å². The molecule has 2 N–H and O–H groups in total. The molecule has 2 aromatic heterocycles. The first-order valence-electron chi connectivity index (χ1n) is 11.5. The number of hydrogen-bond acceptors (Lipinski definition) is 5. The van der Waals surface area contributed by atoms with Gasteiger partial charge in [-0.1, -0.05) is 72.3 Å². The highest BCUT2D eigenvalue weighted by atomic mass is 79.9. The van der Waals surface area contributed by atoms with Gasteiger partial charge in [0.15, 0.2) is 5.65 Å². The summed E-state index contributed by atoms with van der Waals surface area (Å²) < 4.78 is 30.7. The van der Waals surface area contributed by atoms with Crippen LogP contribution in [0, 0.1) is 6.92 Å². The largest absolute Gasteiger partial charge is 0.366 e. The fourth-order valence-electron chi connectivity index (χ4n) is 4.03. The van der Waals surface area contributed by atoms with Crippen LogP contribution in [0.25, 0.3) is 16.9 Å². The molecular weight excluding hydrogens is 574 g/mol. The van der Waals surface area contributed by atoms with Crippen LogP contribution in [0.3, 0.4) is 0 Å². The summed E-state index contributed by atoms with van der Waals surface area (Å²) in [7, 11) is -3.61. The Labute approximate surface area is 228 Å². The zero-order valence-electron chi connectivity index (χ0n) is 19.8. The van der Waals surface area contributed by atoms with Crippen LogP contribution < -0.4 is 10.0 Å². The third-order valence-corrected chi connectivity index (χ3v) is 8.34. The van der Waals surface area contributed by atoms with Crippen molar-refractivity contribution < 1.29 is 8.42 Å². The minimum Gasteiger partial charge on any atom is -0.366 e. The molecule has 0 spiro atoms. The van der Waals surface area contributed by atoms with Crippen LogP contribution in [0.5, 0.6) is 0 Å². The molecule has 7 nitrogen and oxygen atoms in total. The highest BCUT2D eigenvalue weighted by Crippen LogP contribution is 2.30. The predicted octanol–water partition coefficient (Wildman–Crippen LogP) is 6.21. The van der Waals surface area contributed by atoms with E-state index in [0.29, 0.717) is 22.8 Å². The standard InChI is InChI=1S/C27H23BrClN5O2S/c1-18-7-2-5-12-25(18)37(35,36)32-16-20-9-6-8-19(13-20)15-30-26-14-24(21-10-3-4-11-23(21)29)33-27-22(28)17-31-34(26)27/h2-14,17,30,32H,15-16H2,1H3. The fourth-order valence-corrected chi connectivity index (χ4v) is 5.87. The third-order valence-electron chi connectivity index (χ3n) is 5.89. The van der Waals surface area contributed by atoms with Gasteiger partial charge in [-0.05, 0) is 51.7 Å². The minimum atomic E-state index is -3.61. The zero-order chi connectivity index (χ0) is 26.0. The second kappa shape index (κ2) is 10.6. The third kappa shape index (κ3) is 5.55. The molecule has 10 heteroatoms. The van der Waals surface area contributed by atoms with E-state index in [1.165, 1.54) is 0 Å². The van der Waals surface area contributed by atoms with Crippen molar-refractivity contribution in [2.45, 2.75) is 24.9 Å². The Morgan fingerprint density at radius 2 is 1.68 bits per heavy atom. The average molecular weight is 597 g/mol. The number of sulfonamides is 1. The Hall–Kier alpha value is -3.24. The van der Waals surface area contributed by atoms with Crippen molar-refractivity contribution in [1.82, 2.24) is 19.3 Å². The van der Waals surface area contributed by atoms with E-state index in [4.69, 9.17) is 16.6 Å². The number of fused-ring (bicyclic) bond motifs is 1. The molecule has 188 valence electrons. The van der Waals surface area contributed by atoms with Gasteiger partial charge in [-0.25, -0.2) is 18.1 Å². The first-order valence-corrected chi connectivity index (χ1v) is 14.1. The molecule has 0 unspecified atom stereocenters. The Morgan fingerprint density at radius 1 is 0.946 bits per heavy atom. The fraction of sp³-hybridized carbons (Fsp3) is 0.111. The molecule has 5 rings (SSSR count). The van der Waals surface area contributed by atoms with Crippen LogP contribution in [-0.4, -0.2) is 23.0 Å². The molecule has 2 heterocycles. The number of rotatable bonds is 8. The summed E-state index contributed by atoms with van der Waals surface area (Å²) in [5.41, 5.74) is 4.77. The van der Waals surface area contributed by atoms with Gasteiger partial charge in [-0.3, -0.25) is 0 Å². The summed E-state index contributed by atoms with van der Waals surface area (Å²) >= 11 is 9.96. The van der Waals surface area contributed by atoms with Gasteiger partial charge in [0.05, 0.1) is 21.3 Å². The van der Waals surface area contributed by atoms with E-state index in [1.807, 2.05) is 60.7 Å². The lowest BCUT2D eigenvalue weighted by molar-refractivity contribution is 0.580. The van der Waals surface area contributed by atoms with Crippen LogP contribution in [0.1, 0.15) is 16.7 Å². The maximum Gasteiger partial charge on any atom is 0.241 e. The number of aryl methyl sites for hydroxylation is 1. The summed E-state index contributed by atoms with van der Waals surface area (Å²) in [5, 5.41) is 8.48. The van der Waals surface area contributed by atoms with Crippen molar-refractivity contribution in [1.29, 1.82) is 0 Å². The quantitative estimate of drug-likeness (QED) is 0.222. The van der Waals surface area contributed by atoms with E-state index in [9.17, 15) is 8.42 Å². The molecule has 37 heavy (non-hydrogen) atoms. The summed E-state index contributed by atoms with van der Waals surface area (Å²) in [5.74, 6) is 0.747. The number of hydrogen-bond donors (Lipinski definition) is 2. The zero-order valence-corrected chi connectivity index (χ0v) is 23.0. The first kappa shape index (κ1) is 25.4. The second-order valence-corrected chi connectivity index (χ2v) is 11.5. The molecule has 0 atom stereocenters. The molecule has 0 bridgehead atoms. The summed E-state index contributed by atoms with van der Waals surface area (Å²) in [6.45, 7) is 2.47. The van der Waals surface area contributed by atoms with E-state index >= 15 is 0 Å². The first-order chi connectivity index (χ1) is 17.8. The Balaban J connectivity index is 1.36. The van der Waals surface area contributed by atoms with Gasteiger partial charge in [-0.2, -0.15) is 9.61 Å². The van der Waals surface area contributed by atoms with Crippen LogP contribution in [0.15, 0.2) is 94.4 Å². The van der Waals surface area contributed by atoms with Crippen molar-refractivity contribution >= 4 is 49.0 Å². The van der Waals surface area contributed by atoms with Crippen LogP contribution in [0.2, 0.25) is 5.02 Å². The van der Waals surface area contributed by atoms with Crippen molar-refractivity contribution in [2.24, 2.45) is 0 Å². The topological polar surface area (TPSA) is 88.4 Å². The van der Waals surface area contributed by atoms with Crippen molar-refractivity contribution in [3.63, 3.8) is 0 Å². The number of anilines is 1. The van der Waals surface area contributed by atoms with E-state index < -0.39 is 10.0 Å². The van der Waals surface area contributed by atoms with E-state index in [2.05, 4.69) is 31.1 Å². The van der Waals surface area contributed by atoms with Gasteiger partial charge in [0.1, 0.15) is 5.82 Å². The molecule has 0 aliphatic rings. The second-order valence-electron chi connectivity index (χ2n) is 8.50. The Morgan fingerprint density at radius 3 is 2.46 bits per heavy atom. The molecule has 0 fully saturated rings. The van der Waals surface area contributed by atoms with Crippen LogP contribution >= 0.6 is 27.5 Å². The Kier molecular flexibility index (Phi) is 7.30. The normalized spacial score (nSPS) is 11.6. The van der Waals surface area contributed by atoms with Gasteiger partial charge in [0.25, 0.3) is 0 Å². The summed E-state index contributed by atoms with van der Waals surface area (Å²) in [6.07, 6.45) is 1.70. The number of halogens is 2. The monoisotopic (exact) mass is 595 g/mol. The summed E-state index contributed by atoms with van der Waals surface area (Å²) in [4.78, 5) is 5.02. The number of nitrogens with one attached hydrogen (secondary N) is 2. The molecule has 3 aromatic carbocycles. The molecule has 0 aliphatic heterocycles. The van der Waals surface area contributed by atoms with E-state index in [1.54, 1.807) is 35.8 Å². The minimum absolute atomic E-state index is 0.187. The SMILES string of the molecule is Cc1ccccc1S(=O)(=O)NCc1cccc(CNc2cc(-c3ccccc3Cl)nc3c(Br)cnn23)c1. The van der Waals surface area contributed by atoms with Crippen molar-refractivity contribution in [3.05, 3.63) is 111 Å². The van der Waals surface area contributed by atoms with Crippen molar-refractivity contribution in [3.8, 4) is 11.3 Å². The van der Waals surface area contributed by atoms with Gasteiger partial charge in [-0.15, -0.1) is 0 Å².